The highest BCUT2D eigenvalue weighted by Crippen LogP contribution is 2.27. The Morgan fingerprint density at radius 1 is 1.19 bits per heavy atom. The lowest BCUT2D eigenvalue weighted by Gasteiger charge is -2.23. The second-order valence-electron chi connectivity index (χ2n) is 6.01. The number of aryl methyl sites for hydroxylation is 2. The van der Waals surface area contributed by atoms with E-state index >= 15 is 0 Å². The molecule has 0 amide bonds. The molecular formula is C17H22ClN3. The molecule has 0 unspecified atom stereocenters. The standard InChI is InChI=1S/C17H22ClN3/c1-12-8-9-16(15(18)10-12)21-11-13(2)19-17(21)20-14-6-4-3-5-7-14/h8-11,14H,3-7H2,1-2H3,(H,19,20). The van der Waals surface area contributed by atoms with Crippen molar-refractivity contribution < 1.29 is 0 Å². The van der Waals surface area contributed by atoms with Crippen molar-refractivity contribution in [1.82, 2.24) is 9.55 Å². The molecule has 1 heterocycles. The van der Waals surface area contributed by atoms with E-state index in [0.29, 0.717) is 6.04 Å². The largest absolute Gasteiger partial charge is 0.353 e. The Hall–Kier alpha value is -1.48. The van der Waals surface area contributed by atoms with Crippen LogP contribution in [-0.2, 0) is 0 Å². The monoisotopic (exact) mass is 303 g/mol. The van der Waals surface area contributed by atoms with Gasteiger partial charge in [0.1, 0.15) is 0 Å². The molecule has 1 N–H and O–H groups in total. The average molecular weight is 304 g/mol. The van der Waals surface area contributed by atoms with Gasteiger partial charge in [-0.3, -0.25) is 4.57 Å². The molecule has 21 heavy (non-hydrogen) atoms. The average Bonchev–Trinajstić information content (AvgIpc) is 2.80. The zero-order chi connectivity index (χ0) is 14.8. The molecule has 0 radical (unpaired) electrons. The summed E-state index contributed by atoms with van der Waals surface area (Å²) < 4.78 is 2.08. The Morgan fingerprint density at radius 3 is 2.67 bits per heavy atom. The normalized spacial score (nSPS) is 16.1. The first kappa shape index (κ1) is 14.5. The van der Waals surface area contributed by atoms with Crippen LogP contribution in [0.2, 0.25) is 5.02 Å². The van der Waals surface area contributed by atoms with Crippen molar-refractivity contribution >= 4 is 17.5 Å². The summed E-state index contributed by atoms with van der Waals surface area (Å²) in [5.74, 6) is 0.908. The van der Waals surface area contributed by atoms with Gasteiger partial charge in [0.25, 0.3) is 0 Å². The Bertz CT molecular complexity index is 627. The molecule has 1 aliphatic rings. The number of hydrogen-bond donors (Lipinski definition) is 1. The van der Waals surface area contributed by atoms with Crippen LogP contribution in [0.4, 0.5) is 5.95 Å². The maximum absolute atomic E-state index is 6.41. The second-order valence-corrected chi connectivity index (χ2v) is 6.42. The van der Waals surface area contributed by atoms with E-state index in [-0.39, 0.29) is 0 Å². The molecule has 1 aromatic carbocycles. The molecule has 0 aliphatic heterocycles. The first-order valence-corrected chi connectivity index (χ1v) is 8.10. The SMILES string of the molecule is Cc1ccc(-n2cc(C)nc2NC2CCCCC2)c(Cl)c1. The van der Waals surface area contributed by atoms with Crippen LogP contribution in [0.1, 0.15) is 43.4 Å². The number of imidazole rings is 1. The maximum atomic E-state index is 6.41. The minimum absolute atomic E-state index is 0.531. The molecule has 0 atom stereocenters. The number of hydrogen-bond acceptors (Lipinski definition) is 2. The van der Waals surface area contributed by atoms with E-state index < -0.39 is 0 Å². The van der Waals surface area contributed by atoms with Crippen LogP contribution in [0.25, 0.3) is 5.69 Å². The lowest BCUT2D eigenvalue weighted by molar-refractivity contribution is 0.460. The topological polar surface area (TPSA) is 29.9 Å². The first-order valence-electron chi connectivity index (χ1n) is 7.72. The summed E-state index contributed by atoms with van der Waals surface area (Å²) in [6.07, 6.45) is 8.48. The van der Waals surface area contributed by atoms with Crippen molar-refractivity contribution in [2.24, 2.45) is 0 Å². The lowest BCUT2D eigenvalue weighted by Crippen LogP contribution is -2.24. The van der Waals surface area contributed by atoms with Crippen molar-refractivity contribution in [2.45, 2.75) is 52.0 Å². The molecule has 1 aliphatic carbocycles. The van der Waals surface area contributed by atoms with Gasteiger partial charge in [0.2, 0.25) is 5.95 Å². The molecule has 1 aromatic heterocycles. The highest BCUT2D eigenvalue weighted by Gasteiger charge is 2.17. The van der Waals surface area contributed by atoms with Crippen LogP contribution in [0.15, 0.2) is 24.4 Å². The van der Waals surface area contributed by atoms with Crippen molar-refractivity contribution in [2.75, 3.05) is 5.32 Å². The minimum Gasteiger partial charge on any atom is -0.353 e. The summed E-state index contributed by atoms with van der Waals surface area (Å²) in [6, 6.07) is 6.67. The van der Waals surface area contributed by atoms with E-state index in [9.17, 15) is 0 Å². The highest BCUT2D eigenvalue weighted by atomic mass is 35.5. The molecule has 112 valence electrons. The molecule has 0 spiro atoms. The highest BCUT2D eigenvalue weighted by molar-refractivity contribution is 6.32. The predicted octanol–water partition coefficient (Wildman–Crippen LogP) is 4.89. The van der Waals surface area contributed by atoms with Gasteiger partial charge < -0.3 is 5.32 Å². The third-order valence-corrected chi connectivity index (χ3v) is 4.43. The van der Waals surface area contributed by atoms with E-state index in [1.807, 2.05) is 19.2 Å². The fourth-order valence-electron chi connectivity index (χ4n) is 3.02. The number of halogens is 1. The summed E-state index contributed by atoms with van der Waals surface area (Å²) in [5.41, 5.74) is 3.16. The van der Waals surface area contributed by atoms with Crippen molar-refractivity contribution in [3.05, 3.63) is 40.7 Å². The predicted molar refractivity (Wildman–Crippen MR) is 88.5 cm³/mol. The van der Waals surface area contributed by atoms with Crippen molar-refractivity contribution in [3.8, 4) is 5.69 Å². The summed E-state index contributed by atoms with van der Waals surface area (Å²) in [7, 11) is 0. The molecule has 0 saturated heterocycles. The Labute approximate surface area is 131 Å². The quantitative estimate of drug-likeness (QED) is 0.875. The Morgan fingerprint density at radius 2 is 1.95 bits per heavy atom. The van der Waals surface area contributed by atoms with E-state index in [1.165, 1.54) is 37.7 Å². The Balaban J connectivity index is 1.91. The van der Waals surface area contributed by atoms with E-state index in [4.69, 9.17) is 11.6 Å². The van der Waals surface area contributed by atoms with Crippen molar-refractivity contribution in [1.29, 1.82) is 0 Å². The number of benzene rings is 1. The zero-order valence-electron chi connectivity index (χ0n) is 12.7. The van der Waals surface area contributed by atoms with Gasteiger partial charge in [-0.15, -0.1) is 0 Å². The van der Waals surface area contributed by atoms with E-state index in [0.717, 1.165) is 22.4 Å². The molecule has 0 bridgehead atoms. The number of nitrogens with zero attached hydrogens (tertiary/aromatic N) is 2. The third-order valence-electron chi connectivity index (χ3n) is 4.13. The Kier molecular flexibility index (Phi) is 4.20. The first-order chi connectivity index (χ1) is 10.1. The fourth-order valence-corrected chi connectivity index (χ4v) is 3.35. The number of aromatic nitrogens is 2. The smallest absolute Gasteiger partial charge is 0.208 e. The van der Waals surface area contributed by atoms with Crippen LogP contribution in [0.5, 0.6) is 0 Å². The van der Waals surface area contributed by atoms with Gasteiger partial charge in [0, 0.05) is 12.2 Å². The van der Waals surface area contributed by atoms with Gasteiger partial charge in [-0.05, 0) is 44.4 Å². The maximum Gasteiger partial charge on any atom is 0.208 e. The van der Waals surface area contributed by atoms with E-state index in [1.54, 1.807) is 0 Å². The van der Waals surface area contributed by atoms with Crippen LogP contribution < -0.4 is 5.32 Å². The van der Waals surface area contributed by atoms with Gasteiger partial charge in [-0.2, -0.15) is 0 Å². The molecule has 2 aromatic rings. The summed E-state index contributed by atoms with van der Waals surface area (Å²) >= 11 is 6.41. The van der Waals surface area contributed by atoms with Gasteiger partial charge in [-0.1, -0.05) is 36.9 Å². The number of nitrogens with one attached hydrogen (secondary N) is 1. The van der Waals surface area contributed by atoms with Crippen molar-refractivity contribution in [3.63, 3.8) is 0 Å². The summed E-state index contributed by atoms with van der Waals surface area (Å²) in [5, 5.41) is 4.37. The molecular weight excluding hydrogens is 282 g/mol. The van der Waals surface area contributed by atoms with Crippen LogP contribution in [0, 0.1) is 13.8 Å². The molecule has 1 saturated carbocycles. The fraction of sp³-hybridized carbons (Fsp3) is 0.471. The van der Waals surface area contributed by atoms with Gasteiger partial charge >= 0.3 is 0 Å². The second kappa shape index (κ2) is 6.10. The number of rotatable bonds is 3. The van der Waals surface area contributed by atoms with E-state index in [2.05, 4.69) is 33.9 Å². The zero-order valence-corrected chi connectivity index (χ0v) is 13.5. The summed E-state index contributed by atoms with van der Waals surface area (Å²) in [4.78, 5) is 4.64. The van der Waals surface area contributed by atoms with Gasteiger partial charge in [-0.25, -0.2) is 4.98 Å². The molecule has 1 fully saturated rings. The molecule has 4 heteroatoms. The van der Waals surface area contributed by atoms with Crippen LogP contribution >= 0.6 is 11.6 Å². The summed E-state index contributed by atoms with van der Waals surface area (Å²) in [6.45, 7) is 4.07. The van der Waals surface area contributed by atoms with Crippen LogP contribution in [0.3, 0.4) is 0 Å². The molecule has 3 nitrogen and oxygen atoms in total. The lowest BCUT2D eigenvalue weighted by atomic mass is 9.96. The van der Waals surface area contributed by atoms with Crippen LogP contribution in [-0.4, -0.2) is 15.6 Å². The minimum atomic E-state index is 0.531. The third kappa shape index (κ3) is 3.24. The number of anilines is 1. The van der Waals surface area contributed by atoms with Gasteiger partial charge in [0.05, 0.1) is 16.4 Å². The van der Waals surface area contributed by atoms with Gasteiger partial charge in [0.15, 0.2) is 0 Å². The molecule has 3 rings (SSSR count).